The van der Waals surface area contributed by atoms with Gasteiger partial charge in [-0.2, -0.15) is 5.10 Å². The molecule has 0 bridgehead atoms. The molecule has 0 N–H and O–H groups in total. The first-order valence-electron chi connectivity index (χ1n) is 6.07. The van der Waals surface area contributed by atoms with Crippen LogP contribution in [0.4, 0.5) is 0 Å². The molecule has 96 valence electrons. The Morgan fingerprint density at radius 2 is 2.26 bits per heavy atom. The van der Waals surface area contributed by atoms with Gasteiger partial charge < -0.3 is 0 Å². The molecule has 19 heavy (non-hydrogen) atoms. The largest absolute Gasteiger partial charge is 0.298 e. The molecule has 0 aliphatic heterocycles. The number of thiophene rings is 1. The van der Waals surface area contributed by atoms with Gasteiger partial charge in [0.05, 0.1) is 15.8 Å². The third kappa shape index (κ3) is 2.06. The maximum atomic E-state index is 11.2. The number of nitrogens with zero attached hydrogens (tertiary/aromatic N) is 3. The Balaban J connectivity index is 2.16. The van der Waals surface area contributed by atoms with E-state index >= 15 is 0 Å². The van der Waals surface area contributed by atoms with Crippen LogP contribution >= 0.6 is 11.3 Å². The van der Waals surface area contributed by atoms with Gasteiger partial charge in [0.25, 0.3) is 0 Å². The molecule has 0 unspecified atom stereocenters. The zero-order valence-electron chi connectivity index (χ0n) is 10.7. The fourth-order valence-electron chi connectivity index (χ4n) is 1.96. The van der Waals surface area contributed by atoms with E-state index in [-0.39, 0.29) is 6.04 Å². The van der Waals surface area contributed by atoms with Crippen molar-refractivity contribution in [1.82, 2.24) is 14.8 Å². The van der Waals surface area contributed by atoms with E-state index in [0.29, 0.717) is 11.3 Å². The number of carbonyl (C=O) groups is 1. The highest BCUT2D eigenvalue weighted by Gasteiger charge is 2.13. The van der Waals surface area contributed by atoms with E-state index in [9.17, 15) is 4.79 Å². The maximum absolute atomic E-state index is 11.2. The third-order valence-corrected chi connectivity index (χ3v) is 3.85. The number of carbonyl (C=O) groups excluding carboxylic acids is 1. The van der Waals surface area contributed by atoms with Crippen molar-refractivity contribution >= 4 is 27.8 Å². The lowest BCUT2D eigenvalue weighted by Gasteiger charge is -2.03. The molecule has 3 rings (SSSR count). The van der Waals surface area contributed by atoms with E-state index in [1.165, 1.54) is 0 Å². The molecule has 3 aromatic heterocycles. The first kappa shape index (κ1) is 12.0. The van der Waals surface area contributed by atoms with Gasteiger partial charge in [0, 0.05) is 24.0 Å². The normalized spacial score (nSPS) is 11.3. The monoisotopic (exact) mass is 271 g/mol. The number of rotatable bonds is 3. The molecular weight excluding hydrogens is 258 g/mol. The van der Waals surface area contributed by atoms with Crippen LogP contribution in [0.3, 0.4) is 0 Å². The summed E-state index contributed by atoms with van der Waals surface area (Å²) in [5, 5.41) is 6.50. The summed E-state index contributed by atoms with van der Waals surface area (Å²) in [6.07, 6.45) is 4.40. The van der Waals surface area contributed by atoms with E-state index < -0.39 is 0 Å². The lowest BCUT2D eigenvalue weighted by Crippen LogP contribution is -2.00. The van der Waals surface area contributed by atoms with Gasteiger partial charge in [-0.1, -0.05) is 0 Å². The zero-order chi connectivity index (χ0) is 13.4. The van der Waals surface area contributed by atoms with Crippen LogP contribution in [0.25, 0.3) is 21.5 Å². The first-order chi connectivity index (χ1) is 9.19. The molecule has 0 spiro atoms. The maximum Gasteiger partial charge on any atom is 0.153 e. The molecule has 0 radical (unpaired) electrons. The predicted molar refractivity (Wildman–Crippen MR) is 76.6 cm³/mol. The minimum atomic E-state index is 0.228. The molecule has 3 heterocycles. The summed E-state index contributed by atoms with van der Waals surface area (Å²) in [5.74, 6) is 0. The van der Waals surface area contributed by atoms with Crippen LogP contribution in [0.5, 0.6) is 0 Å². The molecule has 0 aliphatic rings. The molecule has 0 fully saturated rings. The summed E-state index contributed by atoms with van der Waals surface area (Å²) in [4.78, 5) is 15.6. The number of hydrogen-bond donors (Lipinski definition) is 0. The van der Waals surface area contributed by atoms with Crippen molar-refractivity contribution in [2.24, 2.45) is 0 Å². The van der Waals surface area contributed by atoms with Crippen molar-refractivity contribution in [3.8, 4) is 11.3 Å². The van der Waals surface area contributed by atoms with Crippen LogP contribution < -0.4 is 0 Å². The summed E-state index contributed by atoms with van der Waals surface area (Å²) < 4.78 is 2.91. The number of hydrogen-bond acceptors (Lipinski definition) is 4. The Hall–Kier alpha value is -2.01. The Kier molecular flexibility index (Phi) is 2.91. The van der Waals surface area contributed by atoms with Gasteiger partial charge in [-0.25, -0.2) is 0 Å². The minimum absolute atomic E-state index is 0.228. The van der Waals surface area contributed by atoms with Crippen molar-refractivity contribution in [2.75, 3.05) is 0 Å². The molecule has 0 amide bonds. The summed E-state index contributed by atoms with van der Waals surface area (Å²) in [7, 11) is 0. The Labute approximate surface area is 114 Å². The van der Waals surface area contributed by atoms with E-state index in [1.54, 1.807) is 28.4 Å². The van der Waals surface area contributed by atoms with Crippen LogP contribution in [0, 0.1) is 0 Å². The van der Waals surface area contributed by atoms with Gasteiger partial charge in [-0.05, 0) is 31.4 Å². The number of aromatic nitrogens is 3. The van der Waals surface area contributed by atoms with Crippen molar-refractivity contribution in [1.29, 1.82) is 0 Å². The van der Waals surface area contributed by atoms with Crippen LogP contribution in [-0.2, 0) is 0 Å². The van der Waals surface area contributed by atoms with Crippen molar-refractivity contribution < 1.29 is 4.79 Å². The Morgan fingerprint density at radius 3 is 3.00 bits per heavy atom. The zero-order valence-corrected chi connectivity index (χ0v) is 11.5. The number of pyridine rings is 1. The summed E-state index contributed by atoms with van der Waals surface area (Å²) in [6.45, 7) is 4.07. The number of aldehydes is 1. The van der Waals surface area contributed by atoms with Crippen molar-refractivity contribution in [3.63, 3.8) is 0 Å². The van der Waals surface area contributed by atoms with Gasteiger partial charge in [0.2, 0.25) is 0 Å². The van der Waals surface area contributed by atoms with Gasteiger partial charge in [-0.15, -0.1) is 11.3 Å². The van der Waals surface area contributed by atoms with Gasteiger partial charge in [0.1, 0.15) is 5.69 Å². The molecule has 3 aromatic rings. The third-order valence-electron chi connectivity index (χ3n) is 2.99. The predicted octanol–water partition coefficient (Wildman–Crippen LogP) is 3.55. The first-order valence-corrected chi connectivity index (χ1v) is 6.95. The molecule has 0 atom stereocenters. The highest BCUT2D eigenvalue weighted by atomic mass is 32.1. The lowest BCUT2D eigenvalue weighted by molar-refractivity contribution is 0.112. The highest BCUT2D eigenvalue weighted by molar-refractivity contribution is 7.17. The average molecular weight is 271 g/mol. The van der Waals surface area contributed by atoms with Crippen LogP contribution in [0.1, 0.15) is 30.2 Å². The van der Waals surface area contributed by atoms with Crippen LogP contribution in [-0.4, -0.2) is 21.1 Å². The molecule has 0 saturated heterocycles. The molecule has 5 heteroatoms. The van der Waals surface area contributed by atoms with E-state index in [0.717, 1.165) is 22.1 Å². The quantitative estimate of drug-likeness (QED) is 0.684. The lowest BCUT2D eigenvalue weighted by atomic mass is 10.1. The highest BCUT2D eigenvalue weighted by Crippen LogP contribution is 2.27. The fourth-order valence-corrected chi connectivity index (χ4v) is 2.74. The molecular formula is C14H13N3OS. The van der Waals surface area contributed by atoms with Crippen molar-refractivity contribution in [3.05, 3.63) is 35.5 Å². The molecule has 4 nitrogen and oxygen atoms in total. The molecule has 0 saturated carbocycles. The second-order valence-electron chi connectivity index (χ2n) is 4.65. The molecule has 0 aromatic carbocycles. The van der Waals surface area contributed by atoms with E-state index in [2.05, 4.69) is 10.1 Å². The Bertz CT molecular complexity index is 742. The SMILES string of the molecule is CC(C)n1cc(C=O)c(-c2cnc3ccsc3c2)n1. The summed E-state index contributed by atoms with van der Waals surface area (Å²) in [6, 6.07) is 4.25. The van der Waals surface area contributed by atoms with Gasteiger partial charge in [-0.3, -0.25) is 14.5 Å². The standard InChI is InChI=1S/C14H13N3OS/c1-9(2)17-7-11(8-18)14(16-17)10-5-13-12(15-6-10)3-4-19-13/h3-9H,1-2H3. The molecule has 0 aliphatic carbocycles. The second-order valence-corrected chi connectivity index (χ2v) is 5.60. The average Bonchev–Trinajstić information content (AvgIpc) is 3.04. The van der Waals surface area contributed by atoms with Gasteiger partial charge in [0.15, 0.2) is 6.29 Å². The van der Waals surface area contributed by atoms with Crippen molar-refractivity contribution in [2.45, 2.75) is 19.9 Å². The topological polar surface area (TPSA) is 47.8 Å². The van der Waals surface area contributed by atoms with Gasteiger partial charge >= 0.3 is 0 Å². The smallest absolute Gasteiger partial charge is 0.153 e. The summed E-state index contributed by atoms with van der Waals surface area (Å²) >= 11 is 1.64. The number of fused-ring (bicyclic) bond motifs is 1. The minimum Gasteiger partial charge on any atom is -0.298 e. The van der Waals surface area contributed by atoms with Crippen LogP contribution in [0.15, 0.2) is 29.9 Å². The van der Waals surface area contributed by atoms with E-state index in [1.807, 2.05) is 31.4 Å². The Morgan fingerprint density at radius 1 is 1.42 bits per heavy atom. The fraction of sp³-hybridized carbons (Fsp3) is 0.214. The summed E-state index contributed by atoms with van der Waals surface area (Å²) in [5.41, 5.74) is 3.17. The van der Waals surface area contributed by atoms with Crippen LogP contribution in [0.2, 0.25) is 0 Å². The second kappa shape index (κ2) is 4.59. The van der Waals surface area contributed by atoms with E-state index in [4.69, 9.17) is 0 Å².